The molecule has 2 aromatic carbocycles. The van der Waals surface area contributed by atoms with Gasteiger partial charge in [0.15, 0.2) is 11.5 Å². The van der Waals surface area contributed by atoms with E-state index in [0.29, 0.717) is 46.7 Å². The summed E-state index contributed by atoms with van der Waals surface area (Å²) in [5.74, 6) is -0.0600. The number of sulfonamides is 1. The smallest absolute Gasteiger partial charge is 0.244 e. The lowest BCUT2D eigenvalue weighted by molar-refractivity contribution is -0.141. The minimum Gasteiger partial charge on any atom is -0.486 e. The van der Waals surface area contributed by atoms with Gasteiger partial charge in [-0.3, -0.25) is 13.9 Å². The highest BCUT2D eigenvalue weighted by atomic mass is 35.5. The van der Waals surface area contributed by atoms with E-state index in [4.69, 9.17) is 32.7 Å². The van der Waals surface area contributed by atoms with Crippen LogP contribution < -0.4 is 19.1 Å². The molecule has 1 atom stereocenters. The van der Waals surface area contributed by atoms with Crippen molar-refractivity contribution in [1.29, 1.82) is 0 Å². The molecular formula is C26H33Cl2N3O6S. The SMILES string of the molecule is CC[C@@H](C(=O)NC(C)(C)C)N(Cc1ccc(Cl)cc1Cl)C(=O)CN(c1ccc2c(c1)OCCO2)S(C)(=O)=O. The molecule has 1 aliphatic rings. The first-order chi connectivity index (χ1) is 17.7. The average molecular weight is 587 g/mol. The van der Waals surface area contributed by atoms with Gasteiger partial charge in [0.05, 0.1) is 11.9 Å². The van der Waals surface area contributed by atoms with E-state index in [0.717, 1.165) is 10.6 Å². The Labute approximate surface area is 234 Å². The molecule has 0 spiro atoms. The first-order valence-electron chi connectivity index (χ1n) is 12.1. The summed E-state index contributed by atoms with van der Waals surface area (Å²) in [4.78, 5) is 28.4. The summed E-state index contributed by atoms with van der Waals surface area (Å²) in [5.41, 5.74) is 0.264. The second-order valence-electron chi connectivity index (χ2n) is 10.0. The van der Waals surface area contributed by atoms with Crippen molar-refractivity contribution in [3.8, 4) is 11.5 Å². The summed E-state index contributed by atoms with van der Waals surface area (Å²) < 4.78 is 37.8. The van der Waals surface area contributed by atoms with E-state index in [1.807, 2.05) is 20.8 Å². The molecule has 1 aliphatic heterocycles. The number of anilines is 1. The third kappa shape index (κ3) is 7.68. The van der Waals surface area contributed by atoms with Gasteiger partial charge in [0.2, 0.25) is 21.8 Å². The number of hydrogen-bond donors (Lipinski definition) is 1. The van der Waals surface area contributed by atoms with Gasteiger partial charge in [-0.1, -0.05) is 36.2 Å². The number of benzene rings is 2. The maximum absolute atomic E-state index is 13.8. The number of nitrogens with one attached hydrogen (secondary N) is 1. The Morgan fingerprint density at radius 2 is 1.71 bits per heavy atom. The minimum absolute atomic E-state index is 0.0242. The number of fused-ring (bicyclic) bond motifs is 1. The van der Waals surface area contributed by atoms with Crippen molar-refractivity contribution < 1.29 is 27.5 Å². The summed E-state index contributed by atoms with van der Waals surface area (Å²) in [6.45, 7) is 7.45. The fourth-order valence-electron chi connectivity index (χ4n) is 4.01. The van der Waals surface area contributed by atoms with E-state index in [9.17, 15) is 18.0 Å². The molecule has 1 N–H and O–H groups in total. The molecule has 2 aromatic rings. The zero-order chi connectivity index (χ0) is 28.3. The van der Waals surface area contributed by atoms with Crippen molar-refractivity contribution in [1.82, 2.24) is 10.2 Å². The predicted octanol–water partition coefficient (Wildman–Crippen LogP) is 4.25. The number of carbonyl (C=O) groups excluding carboxylic acids is 2. The van der Waals surface area contributed by atoms with E-state index < -0.39 is 34.1 Å². The van der Waals surface area contributed by atoms with Crippen LogP contribution in [0.5, 0.6) is 11.5 Å². The number of nitrogens with zero attached hydrogens (tertiary/aromatic N) is 2. The molecular weight excluding hydrogens is 553 g/mol. The van der Waals surface area contributed by atoms with Crippen molar-refractivity contribution in [2.75, 3.05) is 30.3 Å². The maximum Gasteiger partial charge on any atom is 0.244 e. The molecule has 0 bridgehead atoms. The lowest BCUT2D eigenvalue weighted by Crippen LogP contribution is -2.55. The maximum atomic E-state index is 13.8. The largest absolute Gasteiger partial charge is 0.486 e. The normalized spacial score (nSPS) is 14.0. The van der Waals surface area contributed by atoms with E-state index in [2.05, 4.69) is 5.32 Å². The number of amides is 2. The fraction of sp³-hybridized carbons (Fsp3) is 0.462. The van der Waals surface area contributed by atoms with Gasteiger partial charge in [-0.25, -0.2) is 8.42 Å². The van der Waals surface area contributed by atoms with E-state index in [-0.39, 0.29) is 18.1 Å². The van der Waals surface area contributed by atoms with Crippen LogP contribution in [0, 0.1) is 0 Å². The van der Waals surface area contributed by atoms with Crippen LogP contribution in [0.4, 0.5) is 5.69 Å². The molecule has 0 aliphatic carbocycles. The Balaban J connectivity index is 1.99. The molecule has 0 unspecified atom stereocenters. The third-order valence-corrected chi connectivity index (χ3v) is 7.46. The molecule has 3 rings (SSSR count). The molecule has 1 heterocycles. The second-order valence-corrected chi connectivity index (χ2v) is 12.8. The Kier molecular flexibility index (Phi) is 9.43. The number of carbonyl (C=O) groups is 2. The summed E-state index contributed by atoms with van der Waals surface area (Å²) in [7, 11) is -3.90. The van der Waals surface area contributed by atoms with Crippen molar-refractivity contribution in [3.05, 3.63) is 52.0 Å². The van der Waals surface area contributed by atoms with Crippen molar-refractivity contribution in [2.45, 2.75) is 52.2 Å². The van der Waals surface area contributed by atoms with Crippen molar-refractivity contribution >= 4 is 50.7 Å². The molecule has 0 aromatic heterocycles. The molecule has 0 saturated carbocycles. The summed E-state index contributed by atoms with van der Waals surface area (Å²) >= 11 is 12.4. The Hall–Kier alpha value is -2.69. The molecule has 2 amide bonds. The predicted molar refractivity (Wildman–Crippen MR) is 149 cm³/mol. The van der Waals surface area contributed by atoms with Gasteiger partial charge >= 0.3 is 0 Å². The summed E-state index contributed by atoms with van der Waals surface area (Å²) in [6, 6.07) is 8.65. The summed E-state index contributed by atoms with van der Waals surface area (Å²) in [5, 5.41) is 3.67. The topological polar surface area (TPSA) is 105 Å². The summed E-state index contributed by atoms with van der Waals surface area (Å²) in [6.07, 6.45) is 1.31. The van der Waals surface area contributed by atoms with Crippen LogP contribution in [0.15, 0.2) is 36.4 Å². The Morgan fingerprint density at radius 1 is 1.05 bits per heavy atom. The number of hydrogen-bond acceptors (Lipinski definition) is 6. The van der Waals surface area contributed by atoms with Gasteiger partial charge < -0.3 is 19.7 Å². The Bertz CT molecular complexity index is 1300. The van der Waals surface area contributed by atoms with Crippen LogP contribution in [-0.2, 0) is 26.2 Å². The third-order valence-electron chi connectivity index (χ3n) is 5.73. The first-order valence-corrected chi connectivity index (χ1v) is 14.7. The van der Waals surface area contributed by atoms with Gasteiger partial charge in [-0.2, -0.15) is 0 Å². The fourth-order valence-corrected chi connectivity index (χ4v) is 5.32. The molecule has 9 nitrogen and oxygen atoms in total. The lowest BCUT2D eigenvalue weighted by atomic mass is 10.1. The molecule has 38 heavy (non-hydrogen) atoms. The average Bonchev–Trinajstić information content (AvgIpc) is 2.81. The van der Waals surface area contributed by atoms with Crippen LogP contribution >= 0.6 is 23.2 Å². The molecule has 12 heteroatoms. The molecule has 0 fully saturated rings. The number of ether oxygens (including phenoxy) is 2. The van der Waals surface area contributed by atoms with Gasteiger partial charge in [-0.05, 0) is 57.0 Å². The second kappa shape index (κ2) is 12.0. The highest BCUT2D eigenvalue weighted by molar-refractivity contribution is 7.92. The Morgan fingerprint density at radius 3 is 2.29 bits per heavy atom. The monoisotopic (exact) mass is 585 g/mol. The van der Waals surface area contributed by atoms with Gasteiger partial charge in [0.1, 0.15) is 25.8 Å². The van der Waals surface area contributed by atoms with Crippen molar-refractivity contribution in [3.63, 3.8) is 0 Å². The van der Waals surface area contributed by atoms with Crippen LogP contribution in [0.3, 0.4) is 0 Å². The van der Waals surface area contributed by atoms with Crippen LogP contribution in [0.1, 0.15) is 39.7 Å². The van der Waals surface area contributed by atoms with E-state index in [1.54, 1.807) is 37.3 Å². The van der Waals surface area contributed by atoms with Crippen molar-refractivity contribution in [2.24, 2.45) is 0 Å². The van der Waals surface area contributed by atoms with Gasteiger partial charge in [0.25, 0.3) is 0 Å². The molecule has 208 valence electrons. The highest BCUT2D eigenvalue weighted by Crippen LogP contribution is 2.35. The lowest BCUT2D eigenvalue weighted by Gasteiger charge is -2.34. The minimum atomic E-state index is -3.90. The van der Waals surface area contributed by atoms with Gasteiger partial charge in [-0.15, -0.1) is 0 Å². The molecule has 0 saturated heterocycles. The number of rotatable bonds is 9. The zero-order valence-corrected chi connectivity index (χ0v) is 24.4. The standard InChI is InChI=1S/C26H33Cl2N3O6S/c1-6-21(25(33)29-26(2,3)4)30(15-17-7-8-18(27)13-20(17)28)24(32)16-31(38(5,34)35)19-9-10-22-23(14-19)37-12-11-36-22/h7-10,13-14,21H,6,11-12,15-16H2,1-5H3,(H,29,33)/t21-/m0/s1. The van der Waals surface area contributed by atoms with Crippen LogP contribution in [0.25, 0.3) is 0 Å². The van der Waals surface area contributed by atoms with Crippen LogP contribution in [-0.4, -0.2) is 62.7 Å². The first kappa shape index (κ1) is 29.9. The van der Waals surface area contributed by atoms with Gasteiger partial charge in [0, 0.05) is 28.2 Å². The quantitative estimate of drug-likeness (QED) is 0.471. The van der Waals surface area contributed by atoms with E-state index >= 15 is 0 Å². The number of halogens is 2. The van der Waals surface area contributed by atoms with E-state index in [1.165, 1.54) is 11.0 Å². The highest BCUT2D eigenvalue weighted by Gasteiger charge is 2.33. The van der Waals surface area contributed by atoms with Crippen LogP contribution in [0.2, 0.25) is 10.0 Å². The zero-order valence-electron chi connectivity index (χ0n) is 22.1. The molecule has 0 radical (unpaired) electrons.